The van der Waals surface area contributed by atoms with Gasteiger partial charge in [-0.15, -0.1) is 0 Å². The van der Waals surface area contributed by atoms with Gasteiger partial charge in [-0.2, -0.15) is 0 Å². The standard InChI is InChI=1S/C72H132O6/c1-4-7-10-13-16-19-22-25-27-29-31-33-34-35-36-37-38-40-41-43-45-47-50-53-56-59-62-65-71(74)77-68-69(67-76-70(73)64-61-58-55-52-49-24-21-18-15-12-9-6-3)78-72(75)66-63-60-57-54-51-48-46-44-42-39-32-30-28-26-23-20-17-14-11-8-5-2/h8,11,17,20,26,28,32,39,69H,4-7,9-10,12-16,18-19,21-25,27,29-31,33-38,40-68H2,1-3H3/b11-8-,20-17-,28-26-,39-32-. The average molecular weight is 1090 g/mol. The van der Waals surface area contributed by atoms with Crippen LogP contribution >= 0.6 is 0 Å². The number of rotatable bonds is 64. The van der Waals surface area contributed by atoms with Gasteiger partial charge in [-0.1, -0.05) is 345 Å². The monoisotopic (exact) mass is 1090 g/mol. The lowest BCUT2D eigenvalue weighted by molar-refractivity contribution is -0.167. The van der Waals surface area contributed by atoms with Gasteiger partial charge >= 0.3 is 17.9 Å². The van der Waals surface area contributed by atoms with Gasteiger partial charge in [0.25, 0.3) is 0 Å². The molecule has 0 bridgehead atoms. The molecule has 0 aromatic carbocycles. The van der Waals surface area contributed by atoms with Crippen molar-refractivity contribution < 1.29 is 28.6 Å². The van der Waals surface area contributed by atoms with Crippen LogP contribution in [0.5, 0.6) is 0 Å². The van der Waals surface area contributed by atoms with Gasteiger partial charge in [0.1, 0.15) is 13.2 Å². The van der Waals surface area contributed by atoms with Gasteiger partial charge < -0.3 is 14.2 Å². The summed E-state index contributed by atoms with van der Waals surface area (Å²) in [7, 11) is 0. The largest absolute Gasteiger partial charge is 0.462 e. The van der Waals surface area contributed by atoms with Crippen LogP contribution < -0.4 is 0 Å². The third kappa shape index (κ3) is 64.2. The molecule has 0 saturated carbocycles. The zero-order chi connectivity index (χ0) is 56.4. The summed E-state index contributed by atoms with van der Waals surface area (Å²) in [5.74, 6) is -0.854. The van der Waals surface area contributed by atoms with Crippen molar-refractivity contribution in [1.29, 1.82) is 0 Å². The number of unbranched alkanes of at least 4 members (excludes halogenated alkanes) is 45. The molecule has 0 aliphatic carbocycles. The summed E-state index contributed by atoms with van der Waals surface area (Å²) in [4.78, 5) is 38.4. The molecule has 6 nitrogen and oxygen atoms in total. The van der Waals surface area contributed by atoms with Gasteiger partial charge in [-0.05, 0) is 57.8 Å². The van der Waals surface area contributed by atoms with E-state index >= 15 is 0 Å². The molecule has 0 aliphatic heterocycles. The normalized spacial score (nSPS) is 12.3. The molecule has 0 rings (SSSR count). The van der Waals surface area contributed by atoms with Crippen molar-refractivity contribution in [2.24, 2.45) is 0 Å². The summed E-state index contributed by atoms with van der Waals surface area (Å²) in [5.41, 5.74) is 0. The number of allylic oxidation sites excluding steroid dienone is 8. The number of esters is 3. The van der Waals surface area contributed by atoms with Gasteiger partial charge in [0.2, 0.25) is 0 Å². The van der Waals surface area contributed by atoms with Crippen molar-refractivity contribution in [2.45, 2.75) is 380 Å². The average Bonchev–Trinajstić information content (AvgIpc) is 3.44. The fourth-order valence-electron chi connectivity index (χ4n) is 10.4. The molecule has 0 aromatic rings. The first-order valence-electron chi connectivity index (χ1n) is 34.6. The van der Waals surface area contributed by atoms with Crippen molar-refractivity contribution in [3.05, 3.63) is 48.6 Å². The van der Waals surface area contributed by atoms with Crippen LogP contribution in [0.25, 0.3) is 0 Å². The first kappa shape index (κ1) is 75.4. The molecule has 1 atom stereocenters. The highest BCUT2D eigenvalue weighted by Gasteiger charge is 2.19. The lowest BCUT2D eigenvalue weighted by Gasteiger charge is -2.18. The molecule has 0 spiro atoms. The van der Waals surface area contributed by atoms with E-state index in [1.165, 1.54) is 244 Å². The Kier molecular flexibility index (Phi) is 64.6. The smallest absolute Gasteiger partial charge is 0.306 e. The Hall–Kier alpha value is -2.63. The Morgan fingerprint density at radius 1 is 0.269 bits per heavy atom. The highest BCUT2D eigenvalue weighted by Crippen LogP contribution is 2.18. The van der Waals surface area contributed by atoms with E-state index in [4.69, 9.17) is 14.2 Å². The minimum absolute atomic E-state index is 0.0712. The molecule has 6 heteroatoms. The fourth-order valence-corrected chi connectivity index (χ4v) is 10.4. The van der Waals surface area contributed by atoms with Gasteiger partial charge in [0.05, 0.1) is 0 Å². The van der Waals surface area contributed by atoms with E-state index in [0.717, 1.165) is 89.9 Å². The summed E-state index contributed by atoms with van der Waals surface area (Å²) < 4.78 is 17.0. The van der Waals surface area contributed by atoms with E-state index in [0.29, 0.717) is 19.3 Å². The zero-order valence-electron chi connectivity index (χ0n) is 52.5. The van der Waals surface area contributed by atoms with Crippen LogP contribution in [0.2, 0.25) is 0 Å². The number of ether oxygens (including phenoxy) is 3. The van der Waals surface area contributed by atoms with E-state index in [-0.39, 0.29) is 31.1 Å². The molecule has 78 heavy (non-hydrogen) atoms. The molecule has 0 amide bonds. The maximum Gasteiger partial charge on any atom is 0.306 e. The topological polar surface area (TPSA) is 78.9 Å². The lowest BCUT2D eigenvalue weighted by atomic mass is 10.0. The molecule has 0 heterocycles. The Morgan fingerprint density at radius 2 is 0.500 bits per heavy atom. The minimum Gasteiger partial charge on any atom is -0.462 e. The summed E-state index contributed by atoms with van der Waals surface area (Å²) in [6.07, 6.45) is 84.3. The fraction of sp³-hybridized carbons (Fsp3) is 0.847. The third-order valence-corrected chi connectivity index (χ3v) is 15.6. The second kappa shape index (κ2) is 66.9. The SMILES string of the molecule is CC/C=C\C/C=C\C/C=C\C/C=C\CCCCCCCCCCC(=O)OC(COC(=O)CCCCCCCCCCCCCC)COC(=O)CCCCCCCCCCCCCCCCCCCCCCCCCCCCC. The van der Waals surface area contributed by atoms with Crippen LogP contribution in [0.1, 0.15) is 374 Å². The molecule has 0 saturated heterocycles. The van der Waals surface area contributed by atoms with Crippen molar-refractivity contribution in [3.8, 4) is 0 Å². The predicted octanol–water partition coefficient (Wildman–Crippen LogP) is 23.7. The maximum atomic E-state index is 12.9. The van der Waals surface area contributed by atoms with Crippen molar-refractivity contribution in [1.82, 2.24) is 0 Å². The quantitative estimate of drug-likeness (QED) is 0.0261. The first-order valence-corrected chi connectivity index (χ1v) is 34.6. The van der Waals surface area contributed by atoms with E-state index in [2.05, 4.69) is 69.4 Å². The molecule has 1 unspecified atom stereocenters. The van der Waals surface area contributed by atoms with Crippen molar-refractivity contribution in [2.75, 3.05) is 13.2 Å². The van der Waals surface area contributed by atoms with Crippen molar-refractivity contribution >= 4 is 17.9 Å². The summed E-state index contributed by atoms with van der Waals surface area (Å²) in [5, 5.41) is 0. The molecule has 0 radical (unpaired) electrons. The van der Waals surface area contributed by atoms with Crippen molar-refractivity contribution in [3.63, 3.8) is 0 Å². The third-order valence-electron chi connectivity index (χ3n) is 15.6. The molecule has 0 fully saturated rings. The molecule has 0 aliphatic rings. The molecular weight excluding hydrogens is 961 g/mol. The molecular formula is C72H132O6. The van der Waals surface area contributed by atoms with Crippen LogP contribution in [-0.2, 0) is 28.6 Å². The number of hydrogen-bond acceptors (Lipinski definition) is 6. The summed E-state index contributed by atoms with van der Waals surface area (Å²) in [6, 6.07) is 0. The second-order valence-corrected chi connectivity index (χ2v) is 23.4. The first-order chi connectivity index (χ1) is 38.5. The lowest BCUT2D eigenvalue weighted by Crippen LogP contribution is -2.30. The number of carbonyl (C=O) groups excluding carboxylic acids is 3. The minimum atomic E-state index is -0.775. The van der Waals surface area contributed by atoms with Crippen LogP contribution in [0, 0.1) is 0 Å². The van der Waals surface area contributed by atoms with E-state index in [1.54, 1.807) is 0 Å². The number of carbonyl (C=O) groups is 3. The molecule has 0 N–H and O–H groups in total. The molecule has 0 aromatic heterocycles. The van der Waals surface area contributed by atoms with E-state index in [1.807, 2.05) is 0 Å². The Balaban J connectivity index is 4.20. The second-order valence-electron chi connectivity index (χ2n) is 23.4. The van der Waals surface area contributed by atoms with Gasteiger partial charge in [-0.25, -0.2) is 0 Å². The predicted molar refractivity (Wildman–Crippen MR) is 339 cm³/mol. The van der Waals surface area contributed by atoms with Crippen LogP contribution in [0.3, 0.4) is 0 Å². The Bertz CT molecular complexity index is 1350. The van der Waals surface area contributed by atoms with Gasteiger partial charge in [0, 0.05) is 19.3 Å². The summed E-state index contributed by atoms with van der Waals surface area (Å²) in [6.45, 7) is 6.58. The van der Waals surface area contributed by atoms with Crippen LogP contribution in [0.4, 0.5) is 0 Å². The van der Waals surface area contributed by atoms with E-state index < -0.39 is 6.10 Å². The highest BCUT2D eigenvalue weighted by atomic mass is 16.6. The number of hydrogen-bond donors (Lipinski definition) is 0. The Labute approximate surface area is 486 Å². The Morgan fingerprint density at radius 3 is 0.782 bits per heavy atom. The van der Waals surface area contributed by atoms with Gasteiger partial charge in [-0.3, -0.25) is 14.4 Å². The summed E-state index contributed by atoms with van der Waals surface area (Å²) >= 11 is 0. The molecule has 456 valence electrons. The zero-order valence-corrected chi connectivity index (χ0v) is 52.5. The van der Waals surface area contributed by atoms with Crippen LogP contribution in [-0.4, -0.2) is 37.2 Å². The van der Waals surface area contributed by atoms with E-state index in [9.17, 15) is 14.4 Å². The van der Waals surface area contributed by atoms with Crippen LogP contribution in [0.15, 0.2) is 48.6 Å². The van der Waals surface area contributed by atoms with Gasteiger partial charge in [0.15, 0.2) is 6.10 Å². The maximum absolute atomic E-state index is 12.9. The highest BCUT2D eigenvalue weighted by molar-refractivity contribution is 5.71.